The number of halogens is 1. The van der Waals surface area contributed by atoms with Crippen LogP contribution in [-0.4, -0.2) is 50.2 Å². The van der Waals surface area contributed by atoms with Crippen molar-refractivity contribution >= 4 is 47.7 Å². The standard InChI is InChI=1S/C15H29N3O2S.HI/c1-4-20-14(19)12-6-8-13(9-7-12)18-15(16-2)17-10-5-11-21-3;/h12-13H,4-11H2,1-3H3,(H2,16,17,18);1H. The molecule has 0 spiro atoms. The molecule has 5 nitrogen and oxygen atoms in total. The van der Waals surface area contributed by atoms with Crippen molar-refractivity contribution in [2.24, 2.45) is 10.9 Å². The summed E-state index contributed by atoms with van der Waals surface area (Å²) in [6.45, 7) is 3.28. The summed E-state index contributed by atoms with van der Waals surface area (Å²) in [6.07, 6.45) is 7.05. The van der Waals surface area contributed by atoms with E-state index in [2.05, 4.69) is 21.9 Å². The molecule has 0 aliphatic heterocycles. The van der Waals surface area contributed by atoms with Crippen molar-refractivity contribution < 1.29 is 9.53 Å². The van der Waals surface area contributed by atoms with E-state index < -0.39 is 0 Å². The second kappa shape index (κ2) is 13.3. The minimum Gasteiger partial charge on any atom is -0.466 e. The van der Waals surface area contributed by atoms with Crippen molar-refractivity contribution in [3.8, 4) is 0 Å². The van der Waals surface area contributed by atoms with Crippen LogP contribution in [0.1, 0.15) is 39.0 Å². The smallest absolute Gasteiger partial charge is 0.308 e. The highest BCUT2D eigenvalue weighted by molar-refractivity contribution is 14.0. The topological polar surface area (TPSA) is 62.7 Å². The van der Waals surface area contributed by atoms with Gasteiger partial charge in [0.05, 0.1) is 12.5 Å². The van der Waals surface area contributed by atoms with Crippen LogP contribution in [0.3, 0.4) is 0 Å². The van der Waals surface area contributed by atoms with Crippen molar-refractivity contribution in [2.75, 3.05) is 32.2 Å². The Hall–Kier alpha value is -0.180. The Balaban J connectivity index is 0.00000441. The Labute approximate surface area is 155 Å². The molecular formula is C15H30IN3O2S. The molecule has 1 aliphatic rings. The Morgan fingerprint density at radius 3 is 2.55 bits per heavy atom. The highest BCUT2D eigenvalue weighted by Crippen LogP contribution is 2.25. The van der Waals surface area contributed by atoms with Gasteiger partial charge < -0.3 is 15.4 Å². The molecule has 0 aromatic carbocycles. The fourth-order valence-corrected chi connectivity index (χ4v) is 2.98. The molecule has 0 amide bonds. The number of ether oxygens (including phenoxy) is 1. The maximum Gasteiger partial charge on any atom is 0.308 e. The molecule has 22 heavy (non-hydrogen) atoms. The predicted molar refractivity (Wildman–Crippen MR) is 105 cm³/mol. The monoisotopic (exact) mass is 443 g/mol. The van der Waals surface area contributed by atoms with E-state index in [1.807, 2.05) is 18.7 Å². The molecule has 0 heterocycles. The van der Waals surface area contributed by atoms with E-state index in [0.717, 1.165) is 50.4 Å². The number of hydrogen-bond acceptors (Lipinski definition) is 4. The average Bonchev–Trinajstić information content (AvgIpc) is 2.51. The Morgan fingerprint density at radius 2 is 2.00 bits per heavy atom. The third-order valence-electron chi connectivity index (χ3n) is 3.73. The van der Waals surface area contributed by atoms with E-state index in [1.54, 1.807) is 7.05 Å². The van der Waals surface area contributed by atoms with Crippen molar-refractivity contribution in [2.45, 2.75) is 45.1 Å². The summed E-state index contributed by atoms with van der Waals surface area (Å²) in [5.74, 6) is 2.08. The summed E-state index contributed by atoms with van der Waals surface area (Å²) in [6, 6.07) is 0.405. The summed E-state index contributed by atoms with van der Waals surface area (Å²) < 4.78 is 5.10. The van der Waals surface area contributed by atoms with Crippen molar-refractivity contribution in [3.05, 3.63) is 0 Å². The summed E-state index contributed by atoms with van der Waals surface area (Å²) in [5, 5.41) is 6.79. The van der Waals surface area contributed by atoms with Gasteiger partial charge >= 0.3 is 5.97 Å². The molecule has 2 N–H and O–H groups in total. The lowest BCUT2D eigenvalue weighted by atomic mass is 9.86. The van der Waals surface area contributed by atoms with E-state index in [0.29, 0.717) is 12.6 Å². The van der Waals surface area contributed by atoms with E-state index in [-0.39, 0.29) is 35.9 Å². The Bertz CT molecular complexity index is 335. The van der Waals surface area contributed by atoms with Crippen molar-refractivity contribution in [3.63, 3.8) is 0 Å². The molecule has 7 heteroatoms. The largest absolute Gasteiger partial charge is 0.466 e. The first-order chi connectivity index (χ1) is 10.2. The lowest BCUT2D eigenvalue weighted by Crippen LogP contribution is -2.45. The zero-order valence-electron chi connectivity index (χ0n) is 13.9. The summed E-state index contributed by atoms with van der Waals surface area (Å²) >= 11 is 1.86. The predicted octanol–water partition coefficient (Wildman–Crippen LogP) is 2.64. The van der Waals surface area contributed by atoms with Crippen molar-refractivity contribution in [1.82, 2.24) is 10.6 Å². The molecule has 1 rings (SSSR count). The lowest BCUT2D eigenvalue weighted by Gasteiger charge is -2.29. The zero-order valence-corrected chi connectivity index (χ0v) is 17.0. The van der Waals surface area contributed by atoms with Gasteiger partial charge in [-0.05, 0) is 51.0 Å². The Kier molecular flexibility index (Phi) is 13.2. The molecule has 1 saturated carbocycles. The quantitative estimate of drug-likeness (QED) is 0.208. The number of guanidine groups is 1. The fourth-order valence-electron chi connectivity index (χ4n) is 2.54. The number of carbonyl (C=O) groups is 1. The van der Waals surface area contributed by atoms with Crippen LogP contribution in [0.2, 0.25) is 0 Å². The maximum atomic E-state index is 11.7. The van der Waals surface area contributed by atoms with Gasteiger partial charge in [0.2, 0.25) is 0 Å². The van der Waals surface area contributed by atoms with E-state index in [9.17, 15) is 4.79 Å². The first kappa shape index (κ1) is 21.8. The summed E-state index contributed by atoms with van der Waals surface area (Å²) in [5.41, 5.74) is 0. The first-order valence-electron chi connectivity index (χ1n) is 7.84. The lowest BCUT2D eigenvalue weighted by molar-refractivity contribution is -0.149. The van der Waals surface area contributed by atoms with Crippen LogP contribution in [-0.2, 0) is 9.53 Å². The van der Waals surface area contributed by atoms with E-state index in [1.165, 1.54) is 0 Å². The van der Waals surface area contributed by atoms with Crippen LogP contribution in [0, 0.1) is 5.92 Å². The highest BCUT2D eigenvalue weighted by atomic mass is 127. The van der Waals surface area contributed by atoms with Gasteiger partial charge in [0.25, 0.3) is 0 Å². The fraction of sp³-hybridized carbons (Fsp3) is 0.867. The molecule has 0 saturated heterocycles. The minimum absolute atomic E-state index is 0. The number of nitrogens with one attached hydrogen (secondary N) is 2. The van der Waals surface area contributed by atoms with E-state index in [4.69, 9.17) is 4.74 Å². The van der Waals surface area contributed by atoms with Crippen LogP contribution in [0.15, 0.2) is 4.99 Å². The summed E-state index contributed by atoms with van der Waals surface area (Å²) in [7, 11) is 1.80. The SMILES string of the molecule is CCOC(=O)C1CCC(NC(=NC)NCCCSC)CC1.I. The van der Waals surface area contributed by atoms with Gasteiger partial charge in [0, 0.05) is 19.6 Å². The van der Waals surface area contributed by atoms with Crippen LogP contribution in [0.25, 0.3) is 0 Å². The number of carbonyl (C=O) groups excluding carboxylic acids is 1. The normalized spacial score (nSPS) is 21.7. The van der Waals surface area contributed by atoms with Gasteiger partial charge in [-0.3, -0.25) is 9.79 Å². The van der Waals surface area contributed by atoms with Gasteiger partial charge in [-0.2, -0.15) is 11.8 Å². The molecule has 0 atom stereocenters. The molecule has 0 aromatic heterocycles. The molecule has 1 fully saturated rings. The number of esters is 1. The van der Waals surface area contributed by atoms with Crippen LogP contribution < -0.4 is 10.6 Å². The molecular weight excluding hydrogens is 413 g/mol. The van der Waals surface area contributed by atoms with Gasteiger partial charge in [-0.25, -0.2) is 0 Å². The zero-order chi connectivity index (χ0) is 15.5. The highest BCUT2D eigenvalue weighted by Gasteiger charge is 2.27. The first-order valence-corrected chi connectivity index (χ1v) is 9.23. The molecule has 0 radical (unpaired) electrons. The Morgan fingerprint density at radius 1 is 1.32 bits per heavy atom. The number of hydrogen-bond donors (Lipinski definition) is 2. The summed E-state index contributed by atoms with van der Waals surface area (Å²) in [4.78, 5) is 16.0. The van der Waals surface area contributed by atoms with Gasteiger partial charge in [-0.15, -0.1) is 24.0 Å². The average molecular weight is 443 g/mol. The van der Waals surface area contributed by atoms with Gasteiger partial charge in [-0.1, -0.05) is 0 Å². The third-order valence-corrected chi connectivity index (χ3v) is 4.43. The molecule has 0 unspecified atom stereocenters. The van der Waals surface area contributed by atoms with E-state index >= 15 is 0 Å². The number of rotatable bonds is 7. The second-order valence-electron chi connectivity index (χ2n) is 5.29. The number of thioether (sulfide) groups is 1. The third kappa shape index (κ3) is 8.45. The van der Waals surface area contributed by atoms with Gasteiger partial charge in [0.1, 0.15) is 0 Å². The minimum atomic E-state index is -0.0319. The second-order valence-corrected chi connectivity index (χ2v) is 6.28. The molecule has 0 bridgehead atoms. The number of aliphatic imine (C=N–C) groups is 1. The number of nitrogens with zero attached hydrogens (tertiary/aromatic N) is 1. The van der Waals surface area contributed by atoms with Crippen LogP contribution in [0.5, 0.6) is 0 Å². The maximum absolute atomic E-state index is 11.7. The van der Waals surface area contributed by atoms with Gasteiger partial charge in [0.15, 0.2) is 5.96 Å². The molecule has 130 valence electrons. The van der Waals surface area contributed by atoms with Crippen LogP contribution in [0.4, 0.5) is 0 Å². The van der Waals surface area contributed by atoms with Crippen LogP contribution >= 0.6 is 35.7 Å². The van der Waals surface area contributed by atoms with Crippen molar-refractivity contribution in [1.29, 1.82) is 0 Å². The molecule has 0 aromatic rings. The molecule has 1 aliphatic carbocycles.